The van der Waals surface area contributed by atoms with Crippen molar-refractivity contribution in [2.24, 2.45) is 0 Å². The van der Waals surface area contributed by atoms with Crippen LogP contribution in [0.1, 0.15) is 29.0 Å². The Bertz CT molecular complexity index is 538. The van der Waals surface area contributed by atoms with Crippen molar-refractivity contribution in [3.05, 3.63) is 53.7 Å². The average Bonchev–Trinajstić information content (AvgIpc) is 2.66. The summed E-state index contributed by atoms with van der Waals surface area (Å²) in [5, 5.41) is 3.59. The minimum absolute atomic E-state index is 0.283. The first-order valence-electron chi connectivity index (χ1n) is 5.87. The lowest BCUT2D eigenvalue weighted by atomic mass is 9.99. The molecule has 0 fully saturated rings. The Balaban J connectivity index is 2.46. The lowest BCUT2D eigenvalue weighted by Gasteiger charge is -2.20. The number of thiophene rings is 1. The van der Waals surface area contributed by atoms with Crippen molar-refractivity contribution in [2.45, 2.75) is 19.9 Å². The highest BCUT2D eigenvalue weighted by Crippen LogP contribution is 2.35. The first kappa shape index (κ1) is 14.5. The van der Waals surface area contributed by atoms with E-state index in [1.54, 1.807) is 11.3 Å². The van der Waals surface area contributed by atoms with Crippen molar-refractivity contribution in [2.75, 3.05) is 6.54 Å². The Hall–Kier alpha value is 0.0900. The maximum Gasteiger partial charge on any atom is 0.0704 e. The van der Waals surface area contributed by atoms with E-state index >= 15 is 0 Å². The number of halogens is 2. The molecule has 1 heterocycles. The van der Waals surface area contributed by atoms with Crippen LogP contribution in [0.5, 0.6) is 0 Å². The van der Waals surface area contributed by atoms with Crippen LogP contribution in [-0.4, -0.2) is 6.54 Å². The van der Waals surface area contributed by atoms with E-state index in [1.807, 2.05) is 0 Å². The fourth-order valence-electron chi connectivity index (χ4n) is 2.05. The molecule has 18 heavy (non-hydrogen) atoms. The third kappa shape index (κ3) is 3.15. The molecule has 0 aliphatic heterocycles. The molecule has 1 aromatic heterocycles. The van der Waals surface area contributed by atoms with Gasteiger partial charge in [-0.3, -0.25) is 0 Å². The van der Waals surface area contributed by atoms with Gasteiger partial charge in [-0.2, -0.15) is 0 Å². The van der Waals surface area contributed by atoms with E-state index in [2.05, 4.69) is 88.0 Å². The van der Waals surface area contributed by atoms with Gasteiger partial charge in [-0.1, -0.05) is 25.1 Å². The summed E-state index contributed by atoms with van der Waals surface area (Å²) >= 11 is 7.79. The zero-order valence-electron chi connectivity index (χ0n) is 10.3. The SMILES string of the molecule is CCNC(c1ccccc1I)c1cc(Br)sc1C. The molecule has 0 aliphatic rings. The molecule has 96 valence electrons. The Morgan fingerprint density at radius 3 is 2.61 bits per heavy atom. The summed E-state index contributed by atoms with van der Waals surface area (Å²) in [7, 11) is 0. The van der Waals surface area contributed by atoms with Crippen molar-refractivity contribution >= 4 is 49.9 Å². The summed E-state index contributed by atoms with van der Waals surface area (Å²) in [5.41, 5.74) is 2.73. The van der Waals surface area contributed by atoms with Gasteiger partial charge in [-0.25, -0.2) is 0 Å². The fraction of sp³-hybridized carbons (Fsp3) is 0.286. The quantitative estimate of drug-likeness (QED) is 0.657. The van der Waals surface area contributed by atoms with Gasteiger partial charge < -0.3 is 5.32 Å². The summed E-state index contributed by atoms with van der Waals surface area (Å²) in [6.07, 6.45) is 0. The largest absolute Gasteiger partial charge is 0.306 e. The molecule has 0 aliphatic carbocycles. The molecule has 4 heteroatoms. The second-order valence-corrected chi connectivity index (χ2v) is 7.87. The normalized spacial score (nSPS) is 12.7. The first-order valence-corrected chi connectivity index (χ1v) is 8.56. The summed E-state index contributed by atoms with van der Waals surface area (Å²) in [4.78, 5) is 1.37. The molecule has 0 saturated heterocycles. The van der Waals surface area contributed by atoms with Crippen LogP contribution in [0.4, 0.5) is 0 Å². The number of nitrogens with one attached hydrogen (secondary N) is 1. The topological polar surface area (TPSA) is 12.0 Å². The number of aryl methyl sites for hydroxylation is 1. The predicted octanol–water partition coefficient (Wildman–Crippen LogP) is 5.12. The van der Waals surface area contributed by atoms with Gasteiger partial charge in [-0.05, 0) is 75.2 Å². The van der Waals surface area contributed by atoms with E-state index in [4.69, 9.17) is 0 Å². The van der Waals surface area contributed by atoms with Crippen molar-refractivity contribution in [3.63, 3.8) is 0 Å². The molecule has 0 spiro atoms. The molecule has 0 bridgehead atoms. The molecular formula is C14H15BrINS. The Morgan fingerprint density at radius 1 is 1.33 bits per heavy atom. The predicted molar refractivity (Wildman–Crippen MR) is 91.4 cm³/mol. The summed E-state index contributed by atoms with van der Waals surface area (Å²) < 4.78 is 2.51. The number of hydrogen-bond donors (Lipinski definition) is 1. The lowest BCUT2D eigenvalue weighted by molar-refractivity contribution is 0.627. The first-order chi connectivity index (χ1) is 8.63. The highest BCUT2D eigenvalue weighted by atomic mass is 127. The van der Waals surface area contributed by atoms with Crippen LogP contribution in [0.3, 0.4) is 0 Å². The molecule has 0 amide bonds. The van der Waals surface area contributed by atoms with E-state index in [0.29, 0.717) is 0 Å². The van der Waals surface area contributed by atoms with Crippen LogP contribution in [0.15, 0.2) is 34.1 Å². The van der Waals surface area contributed by atoms with E-state index in [0.717, 1.165) is 6.54 Å². The van der Waals surface area contributed by atoms with Crippen molar-refractivity contribution in [3.8, 4) is 0 Å². The fourth-order valence-corrected chi connectivity index (χ4v) is 4.49. The maximum absolute atomic E-state index is 3.59. The Morgan fingerprint density at radius 2 is 2.06 bits per heavy atom. The zero-order valence-corrected chi connectivity index (χ0v) is 14.9. The molecule has 1 nitrogen and oxygen atoms in total. The van der Waals surface area contributed by atoms with Gasteiger partial charge in [0.05, 0.1) is 9.83 Å². The summed E-state index contributed by atoms with van der Waals surface area (Å²) in [6.45, 7) is 5.30. The van der Waals surface area contributed by atoms with E-state index in [1.165, 1.54) is 23.4 Å². The van der Waals surface area contributed by atoms with Crippen LogP contribution >= 0.6 is 49.9 Å². The van der Waals surface area contributed by atoms with Crippen LogP contribution < -0.4 is 5.32 Å². The molecule has 1 N–H and O–H groups in total. The van der Waals surface area contributed by atoms with Gasteiger partial charge in [0.25, 0.3) is 0 Å². The average molecular weight is 436 g/mol. The standard InChI is InChI=1S/C14H15BrINS/c1-3-17-14(10-6-4-5-7-12(10)16)11-8-13(15)18-9(11)2/h4-8,14,17H,3H2,1-2H3. The molecule has 1 unspecified atom stereocenters. The molecule has 1 atom stereocenters. The smallest absolute Gasteiger partial charge is 0.0704 e. The van der Waals surface area contributed by atoms with Gasteiger partial charge in [0, 0.05) is 8.45 Å². The van der Waals surface area contributed by atoms with Crippen molar-refractivity contribution < 1.29 is 0 Å². The number of rotatable bonds is 4. The monoisotopic (exact) mass is 435 g/mol. The summed E-state index contributed by atoms with van der Waals surface area (Å²) in [6, 6.07) is 11.1. The third-order valence-electron chi connectivity index (χ3n) is 2.86. The van der Waals surface area contributed by atoms with Crippen molar-refractivity contribution in [1.82, 2.24) is 5.32 Å². The molecular weight excluding hydrogens is 421 g/mol. The molecule has 2 rings (SSSR count). The second-order valence-electron chi connectivity index (χ2n) is 4.07. The van der Waals surface area contributed by atoms with E-state index < -0.39 is 0 Å². The third-order valence-corrected chi connectivity index (χ3v) is 5.41. The Kier molecular flexibility index (Phi) is 5.24. The highest BCUT2D eigenvalue weighted by Gasteiger charge is 2.19. The Labute approximate surface area is 134 Å². The number of benzene rings is 1. The molecule has 0 radical (unpaired) electrons. The van der Waals surface area contributed by atoms with Crippen LogP contribution in [0.2, 0.25) is 0 Å². The summed E-state index contributed by atoms with van der Waals surface area (Å²) in [5.74, 6) is 0. The van der Waals surface area contributed by atoms with Gasteiger partial charge in [0.1, 0.15) is 0 Å². The minimum atomic E-state index is 0.283. The van der Waals surface area contributed by atoms with Gasteiger partial charge in [-0.15, -0.1) is 11.3 Å². The van der Waals surface area contributed by atoms with E-state index in [9.17, 15) is 0 Å². The van der Waals surface area contributed by atoms with Gasteiger partial charge in [0.15, 0.2) is 0 Å². The van der Waals surface area contributed by atoms with Crippen molar-refractivity contribution in [1.29, 1.82) is 0 Å². The molecule has 1 aromatic carbocycles. The molecule has 2 aromatic rings. The van der Waals surface area contributed by atoms with E-state index in [-0.39, 0.29) is 6.04 Å². The van der Waals surface area contributed by atoms with Crippen LogP contribution in [0, 0.1) is 10.5 Å². The molecule has 0 saturated carbocycles. The van der Waals surface area contributed by atoms with Crippen LogP contribution in [-0.2, 0) is 0 Å². The van der Waals surface area contributed by atoms with Gasteiger partial charge in [0.2, 0.25) is 0 Å². The second kappa shape index (κ2) is 6.50. The highest BCUT2D eigenvalue weighted by molar-refractivity contribution is 14.1. The zero-order chi connectivity index (χ0) is 13.1. The lowest BCUT2D eigenvalue weighted by Crippen LogP contribution is -2.22. The minimum Gasteiger partial charge on any atom is -0.306 e. The van der Waals surface area contributed by atoms with Crippen LogP contribution in [0.25, 0.3) is 0 Å². The van der Waals surface area contributed by atoms with Gasteiger partial charge >= 0.3 is 0 Å². The number of hydrogen-bond acceptors (Lipinski definition) is 2. The maximum atomic E-state index is 3.59.